The fourth-order valence-corrected chi connectivity index (χ4v) is 8.77. The second-order valence-electron chi connectivity index (χ2n) is 6.79. The lowest BCUT2D eigenvalue weighted by molar-refractivity contribution is -0.195. The zero-order valence-electron chi connectivity index (χ0n) is 9.01. The van der Waals surface area contributed by atoms with E-state index in [0.717, 1.165) is 65.4 Å². The van der Waals surface area contributed by atoms with Crippen molar-refractivity contribution in [2.24, 2.45) is 47.3 Å². The monoisotopic (exact) mass is 282 g/mol. The summed E-state index contributed by atoms with van der Waals surface area (Å²) in [5, 5.41) is 0. The van der Waals surface area contributed by atoms with E-state index in [1.54, 1.807) is 0 Å². The lowest BCUT2D eigenvalue weighted by Gasteiger charge is -2.32. The van der Waals surface area contributed by atoms with E-state index in [2.05, 4.69) is 15.9 Å². The molecule has 0 amide bonds. The van der Waals surface area contributed by atoms with Crippen LogP contribution >= 0.6 is 15.9 Å². The molecule has 1 saturated heterocycles. The molecule has 6 bridgehead atoms. The van der Waals surface area contributed by atoms with E-state index in [4.69, 9.17) is 9.47 Å². The molecule has 0 unspecified atom stereocenters. The molecule has 3 heteroatoms. The fraction of sp³-hybridized carbons (Fsp3) is 1.00. The molecule has 7 fully saturated rings. The Bertz CT molecular complexity index is 403. The molecule has 0 aromatic carbocycles. The van der Waals surface area contributed by atoms with Gasteiger partial charge >= 0.3 is 0 Å². The van der Waals surface area contributed by atoms with Crippen LogP contribution in [0.2, 0.25) is 0 Å². The largest absolute Gasteiger partial charge is 0.347 e. The summed E-state index contributed by atoms with van der Waals surface area (Å²) in [4.78, 5) is 0.791. The van der Waals surface area contributed by atoms with Gasteiger partial charge in [-0.25, -0.2) is 0 Å². The Balaban J connectivity index is 1.65. The topological polar surface area (TPSA) is 18.5 Å². The van der Waals surface area contributed by atoms with Crippen molar-refractivity contribution >= 4 is 15.9 Å². The SMILES string of the molecule is Br[C@H]1[C@@H]2[C@@H]3[C@@H]4C[C@H]5[C@H]([C@@H]14)[C@@H]2C1(OCCO1)[C@@H]53. The van der Waals surface area contributed by atoms with E-state index >= 15 is 0 Å². The highest BCUT2D eigenvalue weighted by Crippen LogP contribution is 2.87. The molecule has 0 aromatic heterocycles. The molecule has 1 spiro atoms. The van der Waals surface area contributed by atoms with Gasteiger partial charge in [-0.2, -0.15) is 0 Å². The number of rotatable bonds is 0. The van der Waals surface area contributed by atoms with Gasteiger partial charge in [0.2, 0.25) is 0 Å². The van der Waals surface area contributed by atoms with E-state index in [1.807, 2.05) is 0 Å². The second kappa shape index (κ2) is 2.17. The van der Waals surface area contributed by atoms with Gasteiger partial charge in [0.05, 0.1) is 13.2 Å². The molecular formula is C13H15BrO2. The van der Waals surface area contributed by atoms with Gasteiger partial charge in [0.15, 0.2) is 5.79 Å². The van der Waals surface area contributed by atoms with Crippen LogP contribution in [0.5, 0.6) is 0 Å². The average molecular weight is 283 g/mol. The summed E-state index contributed by atoms with van der Waals surface area (Å²) in [6.45, 7) is 1.68. The Hall–Kier alpha value is 0.400. The van der Waals surface area contributed by atoms with Crippen LogP contribution in [-0.4, -0.2) is 23.8 Å². The number of hydrogen-bond acceptors (Lipinski definition) is 2. The van der Waals surface area contributed by atoms with Gasteiger partial charge in [-0.05, 0) is 41.9 Å². The zero-order chi connectivity index (χ0) is 10.2. The Morgan fingerprint density at radius 3 is 2.38 bits per heavy atom. The smallest absolute Gasteiger partial charge is 0.175 e. The maximum absolute atomic E-state index is 6.17. The van der Waals surface area contributed by atoms with Crippen LogP contribution in [0.4, 0.5) is 0 Å². The summed E-state index contributed by atoms with van der Waals surface area (Å²) in [5.41, 5.74) is 0. The number of hydrogen-bond donors (Lipinski definition) is 0. The van der Waals surface area contributed by atoms with Crippen LogP contribution in [0.15, 0.2) is 0 Å². The molecule has 0 N–H and O–H groups in total. The summed E-state index contributed by atoms with van der Waals surface area (Å²) in [6, 6.07) is 0. The van der Waals surface area contributed by atoms with Gasteiger partial charge in [0, 0.05) is 16.7 Å². The Kier molecular flexibility index (Phi) is 1.15. The van der Waals surface area contributed by atoms with Gasteiger partial charge in [0.25, 0.3) is 0 Å². The third kappa shape index (κ3) is 0.537. The Morgan fingerprint density at radius 1 is 0.875 bits per heavy atom. The quantitative estimate of drug-likeness (QED) is 0.632. The first-order valence-corrected chi connectivity index (χ1v) is 7.68. The predicted molar refractivity (Wildman–Crippen MR) is 59.9 cm³/mol. The maximum Gasteiger partial charge on any atom is 0.175 e. The molecule has 0 radical (unpaired) electrons. The second-order valence-corrected chi connectivity index (χ2v) is 7.84. The molecule has 16 heavy (non-hydrogen) atoms. The average Bonchev–Trinajstić information content (AvgIpc) is 3.01. The molecule has 1 aliphatic heterocycles. The Morgan fingerprint density at radius 2 is 1.62 bits per heavy atom. The normalized spacial score (nSPS) is 74.4. The maximum atomic E-state index is 6.17. The summed E-state index contributed by atoms with van der Waals surface area (Å²) >= 11 is 4.01. The van der Waals surface area contributed by atoms with E-state index in [-0.39, 0.29) is 5.79 Å². The zero-order valence-corrected chi connectivity index (χ0v) is 10.6. The van der Waals surface area contributed by atoms with Gasteiger partial charge in [-0.3, -0.25) is 0 Å². The standard InChI is InChI=1S/C13H15BrO2/c14-12-8-4-3-5-7(8)11-9(12)6(4)10(5)13(11)15-1-2-16-13/h4-12H,1-3H2/t4-,5-,6-,7+,8-,9+,10-,11-,12+/m0/s1. The van der Waals surface area contributed by atoms with Crippen LogP contribution in [0.1, 0.15) is 6.42 Å². The number of halogens is 1. The van der Waals surface area contributed by atoms with Gasteiger partial charge in [-0.15, -0.1) is 0 Å². The lowest BCUT2D eigenvalue weighted by Crippen LogP contribution is -2.37. The van der Waals surface area contributed by atoms with Gasteiger partial charge in [0.1, 0.15) is 0 Å². The first kappa shape index (κ1) is 8.49. The number of alkyl halides is 1. The van der Waals surface area contributed by atoms with E-state index in [0.29, 0.717) is 0 Å². The summed E-state index contributed by atoms with van der Waals surface area (Å²) < 4.78 is 12.3. The highest BCUT2D eigenvalue weighted by Gasteiger charge is 2.88. The lowest BCUT2D eigenvalue weighted by atomic mass is 9.71. The minimum atomic E-state index is -0.101. The summed E-state index contributed by atoms with van der Waals surface area (Å²) in [5.74, 6) is 7.19. The highest BCUT2D eigenvalue weighted by molar-refractivity contribution is 9.09. The third-order valence-electron chi connectivity index (χ3n) is 7.02. The van der Waals surface area contributed by atoms with Crippen molar-refractivity contribution in [2.75, 3.05) is 13.2 Å². The van der Waals surface area contributed by atoms with Crippen LogP contribution in [0.25, 0.3) is 0 Å². The van der Waals surface area contributed by atoms with Crippen LogP contribution < -0.4 is 0 Å². The van der Waals surface area contributed by atoms with Crippen molar-refractivity contribution in [3.63, 3.8) is 0 Å². The molecule has 6 saturated carbocycles. The molecule has 6 aliphatic carbocycles. The summed E-state index contributed by atoms with van der Waals surface area (Å²) in [6.07, 6.45) is 1.49. The van der Waals surface area contributed by atoms with Gasteiger partial charge in [-0.1, -0.05) is 15.9 Å². The first-order chi connectivity index (χ1) is 7.84. The summed E-state index contributed by atoms with van der Waals surface area (Å²) in [7, 11) is 0. The van der Waals surface area contributed by atoms with Crippen LogP contribution in [0.3, 0.4) is 0 Å². The minimum Gasteiger partial charge on any atom is -0.347 e. The van der Waals surface area contributed by atoms with Crippen LogP contribution in [0, 0.1) is 47.3 Å². The fourth-order valence-electron chi connectivity index (χ4n) is 7.35. The molecule has 1 heterocycles. The van der Waals surface area contributed by atoms with Crippen molar-refractivity contribution in [3.8, 4) is 0 Å². The molecule has 9 atom stereocenters. The molecule has 86 valence electrons. The van der Waals surface area contributed by atoms with Crippen molar-refractivity contribution in [1.82, 2.24) is 0 Å². The molecule has 7 aliphatic rings. The highest BCUT2D eigenvalue weighted by atomic mass is 79.9. The molecular weight excluding hydrogens is 268 g/mol. The van der Waals surface area contributed by atoms with Crippen molar-refractivity contribution < 1.29 is 9.47 Å². The number of ether oxygens (including phenoxy) is 2. The Labute approximate surface area is 103 Å². The first-order valence-electron chi connectivity index (χ1n) is 6.76. The van der Waals surface area contributed by atoms with E-state index < -0.39 is 0 Å². The van der Waals surface area contributed by atoms with Crippen molar-refractivity contribution in [1.29, 1.82) is 0 Å². The van der Waals surface area contributed by atoms with Gasteiger partial charge < -0.3 is 9.47 Å². The minimum absolute atomic E-state index is 0.101. The van der Waals surface area contributed by atoms with Crippen LogP contribution in [-0.2, 0) is 9.47 Å². The molecule has 2 nitrogen and oxygen atoms in total. The van der Waals surface area contributed by atoms with Crippen molar-refractivity contribution in [3.05, 3.63) is 0 Å². The van der Waals surface area contributed by atoms with Crippen molar-refractivity contribution in [2.45, 2.75) is 17.0 Å². The third-order valence-corrected chi connectivity index (χ3v) is 8.25. The molecule has 0 aromatic rings. The predicted octanol–water partition coefficient (Wildman–Crippen LogP) is 1.88. The van der Waals surface area contributed by atoms with E-state index in [9.17, 15) is 0 Å². The van der Waals surface area contributed by atoms with E-state index in [1.165, 1.54) is 6.42 Å². The molecule has 7 rings (SSSR count).